The van der Waals surface area contributed by atoms with Crippen LogP contribution in [-0.4, -0.2) is 55.7 Å². The van der Waals surface area contributed by atoms with E-state index in [1.165, 1.54) is 4.90 Å². The first-order chi connectivity index (χ1) is 11.8. The number of hydrogen-bond donors (Lipinski definition) is 3. The van der Waals surface area contributed by atoms with Gasteiger partial charge in [0.15, 0.2) is 5.96 Å². The van der Waals surface area contributed by atoms with E-state index >= 15 is 0 Å². The quantitative estimate of drug-likeness (QED) is 0.544. The zero-order valence-corrected chi connectivity index (χ0v) is 13.9. The number of carbonyl (C=O) groups excluding carboxylic acids is 1. The van der Waals surface area contributed by atoms with Crippen LogP contribution in [0.3, 0.4) is 0 Å². The van der Waals surface area contributed by atoms with Crippen molar-refractivity contribution in [1.82, 2.24) is 15.5 Å². The molecule has 1 fully saturated rings. The van der Waals surface area contributed by atoms with Crippen molar-refractivity contribution in [1.29, 1.82) is 0 Å². The van der Waals surface area contributed by atoms with E-state index < -0.39 is 18.6 Å². The van der Waals surface area contributed by atoms with E-state index in [9.17, 15) is 18.0 Å². The highest BCUT2D eigenvalue weighted by molar-refractivity contribution is 5.92. The Morgan fingerprint density at radius 1 is 1.36 bits per heavy atom. The standard InChI is InChI=1S/C16H22F3N5O/c1-21-15(22-8-11-2-4-12(5-3-11)14(20)25)23-13-6-7-24(9-13)10-16(17,18)19/h2-5,13H,6-10H2,1H3,(H2,20,25)(H2,21,22,23). The van der Waals surface area contributed by atoms with Gasteiger partial charge in [-0.2, -0.15) is 13.2 Å². The fraction of sp³-hybridized carbons (Fsp3) is 0.500. The Kier molecular flexibility index (Phi) is 6.24. The molecular weight excluding hydrogens is 335 g/mol. The predicted molar refractivity (Wildman–Crippen MR) is 89.2 cm³/mol. The molecule has 0 aliphatic carbocycles. The molecule has 9 heteroatoms. The van der Waals surface area contributed by atoms with Crippen molar-refractivity contribution in [2.75, 3.05) is 26.7 Å². The lowest BCUT2D eigenvalue weighted by Gasteiger charge is -2.19. The largest absolute Gasteiger partial charge is 0.401 e. The summed E-state index contributed by atoms with van der Waals surface area (Å²) in [5.74, 6) is 0.0412. The van der Waals surface area contributed by atoms with E-state index in [1.807, 2.05) is 0 Å². The van der Waals surface area contributed by atoms with Crippen molar-refractivity contribution in [3.8, 4) is 0 Å². The first-order valence-corrected chi connectivity index (χ1v) is 7.92. The van der Waals surface area contributed by atoms with Gasteiger partial charge in [0.05, 0.1) is 6.54 Å². The second-order valence-corrected chi connectivity index (χ2v) is 5.97. The number of halogens is 3. The second kappa shape index (κ2) is 8.19. The molecule has 1 atom stereocenters. The lowest BCUT2D eigenvalue weighted by Crippen LogP contribution is -2.44. The average Bonchev–Trinajstić information content (AvgIpc) is 2.96. The van der Waals surface area contributed by atoms with Gasteiger partial charge in [-0.1, -0.05) is 12.1 Å². The van der Waals surface area contributed by atoms with Crippen molar-refractivity contribution in [3.05, 3.63) is 35.4 Å². The number of alkyl halides is 3. The van der Waals surface area contributed by atoms with Crippen molar-refractivity contribution in [2.45, 2.75) is 25.2 Å². The maximum Gasteiger partial charge on any atom is 0.401 e. The van der Waals surface area contributed by atoms with Crippen molar-refractivity contribution >= 4 is 11.9 Å². The molecule has 6 nitrogen and oxygen atoms in total. The molecule has 1 aliphatic rings. The van der Waals surface area contributed by atoms with Gasteiger partial charge in [0.1, 0.15) is 0 Å². The van der Waals surface area contributed by atoms with Crippen LogP contribution in [0.15, 0.2) is 29.3 Å². The van der Waals surface area contributed by atoms with Gasteiger partial charge in [0.25, 0.3) is 0 Å². The molecule has 25 heavy (non-hydrogen) atoms. The minimum atomic E-state index is -4.17. The number of likely N-dealkylation sites (tertiary alicyclic amines) is 1. The lowest BCUT2D eigenvalue weighted by molar-refractivity contribution is -0.143. The molecular formula is C16H22F3N5O. The highest BCUT2D eigenvalue weighted by atomic mass is 19.4. The third-order valence-corrected chi connectivity index (χ3v) is 3.94. The summed E-state index contributed by atoms with van der Waals surface area (Å²) in [7, 11) is 1.61. The Hall–Kier alpha value is -2.29. The topological polar surface area (TPSA) is 82.7 Å². The third-order valence-electron chi connectivity index (χ3n) is 3.94. The van der Waals surface area contributed by atoms with Crippen LogP contribution in [0.4, 0.5) is 13.2 Å². The number of benzene rings is 1. The molecule has 1 aromatic carbocycles. The molecule has 1 amide bonds. The van der Waals surface area contributed by atoms with Gasteiger partial charge in [-0.25, -0.2) is 0 Å². The fourth-order valence-corrected chi connectivity index (χ4v) is 2.71. The number of carbonyl (C=O) groups is 1. The van der Waals surface area contributed by atoms with Crippen molar-refractivity contribution < 1.29 is 18.0 Å². The molecule has 1 aromatic rings. The van der Waals surface area contributed by atoms with Crippen LogP contribution in [0.25, 0.3) is 0 Å². The average molecular weight is 357 g/mol. The predicted octanol–water partition coefficient (Wildman–Crippen LogP) is 1.09. The molecule has 138 valence electrons. The maximum atomic E-state index is 12.4. The van der Waals surface area contributed by atoms with E-state index in [0.29, 0.717) is 37.6 Å². The van der Waals surface area contributed by atoms with Crippen LogP contribution in [0.2, 0.25) is 0 Å². The lowest BCUT2D eigenvalue weighted by atomic mass is 10.1. The molecule has 1 aliphatic heterocycles. The highest BCUT2D eigenvalue weighted by Gasteiger charge is 2.34. The Labute approximate surface area is 144 Å². The Balaban J connectivity index is 1.80. The summed E-state index contributed by atoms with van der Waals surface area (Å²) in [6, 6.07) is 6.76. The number of aliphatic imine (C=N–C) groups is 1. The van der Waals surface area contributed by atoms with Crippen LogP contribution in [-0.2, 0) is 6.54 Å². The summed E-state index contributed by atoms with van der Waals surface area (Å²) in [5.41, 5.74) is 6.55. The second-order valence-electron chi connectivity index (χ2n) is 5.97. The number of guanidine groups is 1. The number of hydrogen-bond acceptors (Lipinski definition) is 3. The van der Waals surface area contributed by atoms with Gasteiger partial charge in [-0.15, -0.1) is 0 Å². The Morgan fingerprint density at radius 2 is 2.04 bits per heavy atom. The monoisotopic (exact) mass is 357 g/mol. The first kappa shape index (κ1) is 19.0. The van der Waals surface area contributed by atoms with E-state index in [-0.39, 0.29) is 6.04 Å². The molecule has 1 saturated heterocycles. The molecule has 1 heterocycles. The molecule has 0 radical (unpaired) electrons. The van der Waals surface area contributed by atoms with Gasteiger partial charge in [-0.05, 0) is 24.1 Å². The summed E-state index contributed by atoms with van der Waals surface area (Å²) in [6.45, 7) is 0.317. The van der Waals surface area contributed by atoms with E-state index in [2.05, 4.69) is 15.6 Å². The number of nitrogens with zero attached hydrogens (tertiary/aromatic N) is 2. The normalized spacial score (nSPS) is 19.0. The third kappa shape index (κ3) is 6.26. The summed E-state index contributed by atoms with van der Waals surface area (Å²) < 4.78 is 37.3. The fourth-order valence-electron chi connectivity index (χ4n) is 2.71. The molecule has 2 rings (SSSR count). The summed E-state index contributed by atoms with van der Waals surface area (Å²) in [5, 5.41) is 6.24. The zero-order valence-electron chi connectivity index (χ0n) is 13.9. The zero-order chi connectivity index (χ0) is 18.4. The smallest absolute Gasteiger partial charge is 0.366 e. The molecule has 0 bridgehead atoms. The number of nitrogens with two attached hydrogens (primary N) is 1. The summed E-state index contributed by atoms with van der Waals surface area (Å²) >= 11 is 0. The van der Waals surface area contributed by atoms with E-state index in [1.54, 1.807) is 31.3 Å². The molecule has 0 aromatic heterocycles. The van der Waals surface area contributed by atoms with Gasteiger partial charge >= 0.3 is 6.18 Å². The van der Waals surface area contributed by atoms with Crippen LogP contribution in [0, 0.1) is 0 Å². The SMILES string of the molecule is CN=C(NCc1ccc(C(N)=O)cc1)NC1CCN(CC(F)(F)F)C1. The summed E-state index contributed by atoms with van der Waals surface area (Å²) in [4.78, 5) is 16.5. The Bertz CT molecular complexity index is 615. The van der Waals surface area contributed by atoms with Gasteiger partial charge in [0, 0.05) is 38.3 Å². The van der Waals surface area contributed by atoms with Gasteiger partial charge in [0.2, 0.25) is 5.91 Å². The molecule has 4 N–H and O–H groups in total. The van der Waals surface area contributed by atoms with Crippen LogP contribution in [0.5, 0.6) is 0 Å². The number of nitrogens with one attached hydrogen (secondary N) is 2. The first-order valence-electron chi connectivity index (χ1n) is 7.92. The highest BCUT2D eigenvalue weighted by Crippen LogP contribution is 2.19. The van der Waals surface area contributed by atoms with E-state index in [0.717, 1.165) is 5.56 Å². The van der Waals surface area contributed by atoms with E-state index in [4.69, 9.17) is 5.73 Å². The maximum absolute atomic E-state index is 12.4. The van der Waals surface area contributed by atoms with Crippen molar-refractivity contribution in [3.63, 3.8) is 0 Å². The number of primary amides is 1. The summed E-state index contributed by atoms with van der Waals surface area (Å²) in [6.07, 6.45) is -3.55. The van der Waals surface area contributed by atoms with Crippen LogP contribution < -0.4 is 16.4 Å². The van der Waals surface area contributed by atoms with Gasteiger partial charge < -0.3 is 16.4 Å². The van der Waals surface area contributed by atoms with Crippen LogP contribution >= 0.6 is 0 Å². The molecule has 0 spiro atoms. The molecule has 1 unspecified atom stereocenters. The molecule has 0 saturated carbocycles. The Morgan fingerprint density at radius 3 is 2.60 bits per heavy atom. The number of rotatable bonds is 5. The van der Waals surface area contributed by atoms with Crippen molar-refractivity contribution in [2.24, 2.45) is 10.7 Å². The minimum absolute atomic E-state index is 0.0780. The van der Waals surface area contributed by atoms with Crippen LogP contribution in [0.1, 0.15) is 22.3 Å². The number of amides is 1. The van der Waals surface area contributed by atoms with Gasteiger partial charge in [-0.3, -0.25) is 14.7 Å². The minimum Gasteiger partial charge on any atom is -0.366 e.